The molecule has 0 amide bonds. The van der Waals surface area contributed by atoms with Gasteiger partial charge in [0.25, 0.3) is 0 Å². The van der Waals surface area contributed by atoms with Crippen LogP contribution in [0.4, 0.5) is 0 Å². The second kappa shape index (κ2) is 7.57. The van der Waals surface area contributed by atoms with Gasteiger partial charge in [-0.1, -0.05) is 38.3 Å². The van der Waals surface area contributed by atoms with E-state index in [-0.39, 0.29) is 18.1 Å². The molecule has 34 heavy (non-hydrogen) atoms. The van der Waals surface area contributed by atoms with E-state index in [1.54, 1.807) is 0 Å². The summed E-state index contributed by atoms with van der Waals surface area (Å²) in [6, 6.07) is 4.19. The number of ether oxygens (including phenoxy) is 2. The second-order valence-electron chi connectivity index (χ2n) is 12.1. The van der Waals surface area contributed by atoms with Crippen molar-refractivity contribution in [2.24, 2.45) is 11.8 Å². The molecule has 2 heterocycles. The van der Waals surface area contributed by atoms with Gasteiger partial charge < -0.3 is 14.6 Å². The van der Waals surface area contributed by atoms with Gasteiger partial charge in [0, 0.05) is 24.6 Å². The van der Waals surface area contributed by atoms with Gasteiger partial charge in [-0.05, 0) is 80.5 Å². The Morgan fingerprint density at radius 1 is 1.18 bits per heavy atom. The largest absolute Gasteiger partial charge is 0.481 e. The van der Waals surface area contributed by atoms with Gasteiger partial charge in [0.15, 0.2) is 11.5 Å². The summed E-state index contributed by atoms with van der Waals surface area (Å²) in [6.07, 6.45) is 12.1. The molecule has 3 saturated carbocycles. The number of carbonyl (C=O) groups is 1. The smallest absolute Gasteiger partial charge is 0.311 e. The van der Waals surface area contributed by atoms with Crippen molar-refractivity contribution in [3.8, 4) is 11.5 Å². The molecule has 4 atom stereocenters. The summed E-state index contributed by atoms with van der Waals surface area (Å²) in [5, 5.41) is 12.4. The Bertz CT molecular complexity index is 1040. The van der Waals surface area contributed by atoms with Gasteiger partial charge >= 0.3 is 5.97 Å². The van der Waals surface area contributed by atoms with E-state index in [1.165, 1.54) is 44.1 Å². The van der Waals surface area contributed by atoms with Crippen LogP contribution in [0, 0.1) is 11.8 Å². The van der Waals surface area contributed by atoms with Gasteiger partial charge in [0.1, 0.15) is 6.10 Å². The first-order valence-electron chi connectivity index (χ1n) is 13.7. The molecule has 0 aromatic heterocycles. The standard InChI is InChI=1S/C29H37NO4/c1-18-12-13-29(32)23-16-21-9-10-22(33-24(31)11-8-19-4-2-3-5-19)26-25(21)28(29,27(18)34-26)14-15-30(23)17-20-6-7-20/h9-10,19-20,23,27,32H,1-8,11-17H2/t23?,27-,28-,29+/m0/s1. The maximum Gasteiger partial charge on any atom is 0.311 e. The number of likely N-dealkylation sites (tertiary alicyclic amines) is 1. The monoisotopic (exact) mass is 463 g/mol. The van der Waals surface area contributed by atoms with Crippen LogP contribution in [0.3, 0.4) is 0 Å². The average molecular weight is 464 g/mol. The Morgan fingerprint density at radius 3 is 2.79 bits per heavy atom. The molecule has 182 valence electrons. The van der Waals surface area contributed by atoms with E-state index in [0.29, 0.717) is 23.8 Å². The predicted molar refractivity (Wildman–Crippen MR) is 129 cm³/mol. The van der Waals surface area contributed by atoms with Crippen LogP contribution in [0.15, 0.2) is 24.3 Å². The first-order chi connectivity index (χ1) is 16.5. The number of hydrogen-bond donors (Lipinski definition) is 1. The highest BCUT2D eigenvalue weighted by Gasteiger charge is 2.72. The molecule has 2 bridgehead atoms. The summed E-state index contributed by atoms with van der Waals surface area (Å²) in [6.45, 7) is 6.48. The lowest BCUT2D eigenvalue weighted by atomic mass is 9.48. The maximum absolute atomic E-state index is 12.8. The molecule has 4 fully saturated rings. The van der Waals surface area contributed by atoms with Crippen LogP contribution in [0.2, 0.25) is 0 Å². The molecule has 1 aromatic carbocycles. The van der Waals surface area contributed by atoms with E-state index in [9.17, 15) is 9.90 Å². The lowest BCUT2D eigenvalue weighted by Gasteiger charge is -2.63. The molecule has 5 nitrogen and oxygen atoms in total. The number of hydrogen-bond acceptors (Lipinski definition) is 5. The average Bonchev–Trinajstić information content (AvgIpc) is 3.33. The summed E-state index contributed by atoms with van der Waals surface area (Å²) in [7, 11) is 0. The van der Waals surface area contributed by atoms with E-state index in [1.807, 2.05) is 6.07 Å². The predicted octanol–water partition coefficient (Wildman–Crippen LogP) is 4.68. The normalized spacial score (nSPS) is 36.3. The summed E-state index contributed by atoms with van der Waals surface area (Å²) in [5.41, 5.74) is 2.15. The third-order valence-electron chi connectivity index (χ3n) is 10.2. The van der Waals surface area contributed by atoms with Crippen LogP contribution < -0.4 is 9.47 Å². The molecule has 1 N–H and O–H groups in total. The molecule has 4 aliphatic carbocycles. The van der Waals surface area contributed by atoms with Crippen LogP contribution in [0.5, 0.6) is 11.5 Å². The molecule has 1 aromatic rings. The van der Waals surface area contributed by atoms with E-state index in [2.05, 4.69) is 17.5 Å². The topological polar surface area (TPSA) is 59.0 Å². The maximum atomic E-state index is 12.8. The summed E-state index contributed by atoms with van der Waals surface area (Å²) >= 11 is 0. The number of aliphatic hydroxyl groups is 1. The molecule has 5 heteroatoms. The molecule has 0 radical (unpaired) electrons. The van der Waals surface area contributed by atoms with Gasteiger partial charge in [-0.15, -0.1) is 0 Å². The number of rotatable bonds is 6. The Morgan fingerprint density at radius 2 is 2.00 bits per heavy atom. The van der Waals surface area contributed by atoms with Gasteiger partial charge in [0.05, 0.1) is 11.0 Å². The molecule has 2 aliphatic heterocycles. The van der Waals surface area contributed by atoms with E-state index >= 15 is 0 Å². The van der Waals surface area contributed by atoms with Crippen molar-refractivity contribution >= 4 is 5.97 Å². The van der Waals surface area contributed by atoms with Crippen molar-refractivity contribution in [3.05, 3.63) is 35.4 Å². The minimum absolute atomic E-state index is 0.124. The molecule has 1 spiro atoms. The fraction of sp³-hybridized carbons (Fsp3) is 0.690. The Labute approximate surface area is 202 Å². The molecule has 6 aliphatic rings. The second-order valence-corrected chi connectivity index (χ2v) is 12.1. The SMILES string of the molecule is C=C1CC[C@@]2(O)C3Cc4ccc(OC(=O)CCC5CCCC5)c5c4[C@@]2(CCN3CC2CC2)[C@H]1O5. The van der Waals surface area contributed by atoms with Gasteiger partial charge in [-0.2, -0.15) is 0 Å². The van der Waals surface area contributed by atoms with Gasteiger partial charge in [-0.25, -0.2) is 0 Å². The van der Waals surface area contributed by atoms with Gasteiger partial charge in [0.2, 0.25) is 0 Å². The molecule has 7 rings (SSSR count). The zero-order valence-electron chi connectivity index (χ0n) is 20.2. The van der Waals surface area contributed by atoms with Crippen LogP contribution in [-0.2, 0) is 16.6 Å². The number of benzene rings is 1. The highest BCUT2D eigenvalue weighted by molar-refractivity contribution is 5.75. The Balaban J connectivity index is 1.23. The van der Waals surface area contributed by atoms with Crippen LogP contribution in [0.25, 0.3) is 0 Å². The third kappa shape index (κ3) is 2.95. The number of esters is 1. The summed E-state index contributed by atoms with van der Waals surface area (Å²) in [4.78, 5) is 15.4. The zero-order valence-corrected chi connectivity index (χ0v) is 20.2. The van der Waals surface area contributed by atoms with E-state index in [4.69, 9.17) is 9.47 Å². The van der Waals surface area contributed by atoms with Crippen molar-refractivity contribution in [3.63, 3.8) is 0 Å². The third-order valence-corrected chi connectivity index (χ3v) is 10.2. The van der Waals surface area contributed by atoms with Crippen LogP contribution in [-0.4, -0.2) is 46.8 Å². The van der Waals surface area contributed by atoms with Crippen molar-refractivity contribution in [2.75, 3.05) is 13.1 Å². The van der Waals surface area contributed by atoms with Crippen molar-refractivity contribution < 1.29 is 19.4 Å². The van der Waals surface area contributed by atoms with Crippen molar-refractivity contribution in [2.45, 2.75) is 100 Å². The van der Waals surface area contributed by atoms with E-state index < -0.39 is 11.0 Å². The highest BCUT2D eigenvalue weighted by Crippen LogP contribution is 2.66. The van der Waals surface area contributed by atoms with Crippen LogP contribution in [0.1, 0.15) is 81.8 Å². The zero-order chi connectivity index (χ0) is 23.1. The first kappa shape index (κ1) is 21.4. The molecule has 1 unspecified atom stereocenters. The molecule has 1 saturated heterocycles. The summed E-state index contributed by atoms with van der Waals surface area (Å²) < 4.78 is 12.6. The lowest BCUT2D eigenvalue weighted by Crippen LogP contribution is -2.75. The van der Waals surface area contributed by atoms with Crippen molar-refractivity contribution in [1.29, 1.82) is 0 Å². The van der Waals surface area contributed by atoms with Crippen molar-refractivity contribution in [1.82, 2.24) is 4.90 Å². The number of carbonyl (C=O) groups excluding carboxylic acids is 1. The minimum Gasteiger partial charge on any atom is -0.481 e. The highest BCUT2D eigenvalue weighted by atomic mass is 16.6. The lowest BCUT2D eigenvalue weighted by molar-refractivity contribution is -0.174. The fourth-order valence-electron chi connectivity index (χ4n) is 8.26. The summed E-state index contributed by atoms with van der Waals surface area (Å²) in [5.74, 6) is 2.54. The number of piperidine rings is 1. The van der Waals surface area contributed by atoms with E-state index in [0.717, 1.165) is 62.2 Å². The first-order valence-corrected chi connectivity index (χ1v) is 13.7. The number of nitrogens with zero attached hydrogens (tertiary/aromatic N) is 1. The fourth-order valence-corrected chi connectivity index (χ4v) is 8.26. The van der Waals surface area contributed by atoms with Gasteiger partial charge in [-0.3, -0.25) is 9.69 Å². The Hall–Kier alpha value is -1.85. The minimum atomic E-state index is -0.824. The Kier molecular flexibility index (Phi) is 4.77. The van der Waals surface area contributed by atoms with Crippen LogP contribution >= 0.6 is 0 Å². The molecular formula is C29H37NO4. The quantitative estimate of drug-likeness (QED) is 0.377. The molecular weight excluding hydrogens is 426 g/mol.